The van der Waals surface area contributed by atoms with Gasteiger partial charge in [-0.25, -0.2) is 0 Å². The molecular weight excluding hydrogens is 390 g/mol. The summed E-state index contributed by atoms with van der Waals surface area (Å²) in [5.41, 5.74) is 1.74. The predicted molar refractivity (Wildman–Crippen MR) is 117 cm³/mol. The molecule has 0 saturated carbocycles. The molecule has 0 aromatic heterocycles. The Morgan fingerprint density at radius 3 is 2.58 bits per heavy atom. The van der Waals surface area contributed by atoms with Crippen LogP contribution in [0.1, 0.15) is 31.4 Å². The van der Waals surface area contributed by atoms with E-state index in [1.54, 1.807) is 29.2 Å². The van der Waals surface area contributed by atoms with Crippen LogP contribution < -0.4 is 10.6 Å². The number of phenolic OH excluding ortho intramolecular Hbond substituents is 1. The van der Waals surface area contributed by atoms with Gasteiger partial charge in [0.1, 0.15) is 24.0 Å². The number of nitrogens with one attached hydrogen (secondary N) is 2. The third-order valence-corrected chi connectivity index (χ3v) is 7.32. The van der Waals surface area contributed by atoms with Gasteiger partial charge in [-0.15, -0.1) is 6.42 Å². The number of phenols is 1. The second-order valence-corrected chi connectivity index (χ2v) is 9.23. The van der Waals surface area contributed by atoms with E-state index in [1.165, 1.54) is 0 Å². The highest BCUT2D eigenvalue weighted by molar-refractivity contribution is 5.99. The lowest BCUT2D eigenvalue weighted by Crippen LogP contribution is -2.64. The quantitative estimate of drug-likeness (QED) is 0.673. The summed E-state index contributed by atoms with van der Waals surface area (Å²) in [6.45, 7) is 4.02. The van der Waals surface area contributed by atoms with Gasteiger partial charge in [0.05, 0.1) is 5.41 Å². The number of carbonyl (C=O) groups is 2. The van der Waals surface area contributed by atoms with Crippen LogP contribution in [0.25, 0.3) is 0 Å². The molecule has 0 bridgehead atoms. The number of fused-ring (bicyclic) bond motifs is 5. The van der Waals surface area contributed by atoms with Crippen molar-refractivity contribution in [2.24, 2.45) is 5.41 Å². The van der Waals surface area contributed by atoms with Crippen LogP contribution in [0, 0.1) is 17.8 Å². The maximum atomic E-state index is 13.6. The second-order valence-electron chi connectivity index (χ2n) is 9.23. The first-order valence-electron chi connectivity index (χ1n) is 10.5. The third-order valence-electron chi connectivity index (χ3n) is 7.32. The number of aromatic hydroxyl groups is 1. The Labute approximate surface area is 181 Å². The van der Waals surface area contributed by atoms with Gasteiger partial charge < -0.3 is 20.6 Å². The molecule has 0 radical (unpaired) electrons. The summed E-state index contributed by atoms with van der Waals surface area (Å²) in [5, 5.41) is 16.0. The fraction of sp³-hybridized carbons (Fsp3) is 0.360. The lowest BCUT2D eigenvalue weighted by atomic mass is 9.60. The molecule has 0 spiro atoms. The highest BCUT2D eigenvalue weighted by Gasteiger charge is 2.67. The van der Waals surface area contributed by atoms with Crippen molar-refractivity contribution in [1.29, 1.82) is 0 Å². The van der Waals surface area contributed by atoms with Crippen LogP contribution in [-0.4, -0.2) is 40.1 Å². The Morgan fingerprint density at radius 1 is 1.16 bits per heavy atom. The van der Waals surface area contributed by atoms with Crippen molar-refractivity contribution in [1.82, 2.24) is 10.2 Å². The molecule has 4 atom stereocenters. The van der Waals surface area contributed by atoms with Crippen molar-refractivity contribution in [2.45, 2.75) is 50.4 Å². The number of terminal acetylenes is 1. The van der Waals surface area contributed by atoms with Gasteiger partial charge in [0, 0.05) is 17.5 Å². The van der Waals surface area contributed by atoms with Crippen LogP contribution >= 0.6 is 0 Å². The Kier molecular flexibility index (Phi) is 4.10. The van der Waals surface area contributed by atoms with Gasteiger partial charge >= 0.3 is 0 Å². The molecule has 2 fully saturated rings. The first kappa shape index (κ1) is 19.5. The van der Waals surface area contributed by atoms with Crippen LogP contribution in [0.5, 0.6) is 5.75 Å². The smallest absolute Gasteiger partial charge is 0.247 e. The Morgan fingerprint density at radius 2 is 1.87 bits per heavy atom. The second kappa shape index (κ2) is 6.52. The largest absolute Gasteiger partial charge is 0.508 e. The minimum absolute atomic E-state index is 0.113. The zero-order valence-electron chi connectivity index (χ0n) is 17.6. The molecule has 31 heavy (non-hydrogen) atoms. The van der Waals surface area contributed by atoms with E-state index < -0.39 is 22.9 Å². The monoisotopic (exact) mass is 415 g/mol. The van der Waals surface area contributed by atoms with Gasteiger partial charge in [0.15, 0.2) is 0 Å². The van der Waals surface area contributed by atoms with Gasteiger partial charge in [-0.2, -0.15) is 0 Å². The molecule has 3 aliphatic rings. The van der Waals surface area contributed by atoms with Crippen molar-refractivity contribution < 1.29 is 14.7 Å². The number of hydrogen-bond donors (Lipinski definition) is 3. The maximum Gasteiger partial charge on any atom is 0.247 e. The lowest BCUT2D eigenvalue weighted by molar-refractivity contribution is -0.148. The molecule has 5 rings (SSSR count). The number of piperazine rings is 1. The average molecular weight is 415 g/mol. The van der Waals surface area contributed by atoms with E-state index in [-0.39, 0.29) is 23.7 Å². The standard InChI is InChI=1S/C25H25N3O3/c1-4-24(2,3)25-14-20-21(30)26-19(13-15-9-11-16(29)12-10-15)22(31)28(20)23(25)27-18-8-6-5-7-17(18)25/h1,5-12,19-20,23,27,29H,13-14H2,2-3H3,(H,26,30)/t19-,20-,23+,25-/m0/s1. The number of carbonyl (C=O) groups excluding carboxylic acids is 2. The number of nitrogens with zero attached hydrogens (tertiary/aromatic N) is 1. The van der Waals surface area contributed by atoms with Gasteiger partial charge in [-0.1, -0.05) is 36.3 Å². The average Bonchev–Trinajstić information content (AvgIpc) is 3.27. The van der Waals surface area contributed by atoms with Crippen LogP contribution in [0.15, 0.2) is 48.5 Å². The van der Waals surface area contributed by atoms with E-state index in [2.05, 4.69) is 22.6 Å². The number of amides is 2. The molecule has 3 N–H and O–H groups in total. The van der Waals surface area contributed by atoms with Gasteiger partial charge in [0.2, 0.25) is 11.8 Å². The van der Waals surface area contributed by atoms with E-state index >= 15 is 0 Å². The first-order chi connectivity index (χ1) is 14.8. The minimum atomic E-state index is -0.663. The zero-order chi connectivity index (χ0) is 22.0. The summed E-state index contributed by atoms with van der Waals surface area (Å²) >= 11 is 0. The molecule has 158 valence electrons. The van der Waals surface area contributed by atoms with Crippen molar-refractivity contribution in [3.05, 3.63) is 59.7 Å². The van der Waals surface area contributed by atoms with Crippen molar-refractivity contribution in [2.75, 3.05) is 5.32 Å². The first-order valence-corrected chi connectivity index (χ1v) is 10.5. The fourth-order valence-corrected chi connectivity index (χ4v) is 5.61. The molecule has 3 aliphatic heterocycles. The van der Waals surface area contributed by atoms with Gasteiger partial charge in [0.25, 0.3) is 0 Å². The predicted octanol–water partition coefficient (Wildman–Crippen LogP) is 2.38. The summed E-state index contributed by atoms with van der Waals surface area (Å²) in [4.78, 5) is 28.5. The molecule has 2 aromatic carbocycles. The molecule has 3 heterocycles. The molecule has 0 aliphatic carbocycles. The van der Waals surface area contributed by atoms with E-state index in [1.807, 2.05) is 32.0 Å². The lowest BCUT2D eigenvalue weighted by Gasteiger charge is -2.43. The highest BCUT2D eigenvalue weighted by atomic mass is 16.3. The van der Waals surface area contributed by atoms with Crippen LogP contribution in [0.2, 0.25) is 0 Å². The number of para-hydroxylation sites is 1. The summed E-state index contributed by atoms with van der Waals surface area (Å²) in [6, 6.07) is 13.4. The highest BCUT2D eigenvalue weighted by Crippen LogP contribution is 2.59. The Balaban J connectivity index is 1.55. The molecule has 2 amide bonds. The molecule has 6 heteroatoms. The number of anilines is 1. The normalized spacial score (nSPS) is 28.8. The van der Waals surface area contributed by atoms with Gasteiger partial charge in [-0.3, -0.25) is 9.59 Å². The molecular formula is C25H25N3O3. The van der Waals surface area contributed by atoms with E-state index in [4.69, 9.17) is 6.42 Å². The van der Waals surface area contributed by atoms with E-state index in [0.717, 1.165) is 16.8 Å². The molecule has 6 nitrogen and oxygen atoms in total. The summed E-state index contributed by atoms with van der Waals surface area (Å²) in [7, 11) is 0. The molecule has 2 aromatic rings. The number of hydrogen-bond acceptors (Lipinski definition) is 4. The summed E-state index contributed by atoms with van der Waals surface area (Å²) in [6.07, 6.45) is 6.44. The van der Waals surface area contributed by atoms with Crippen LogP contribution in [-0.2, 0) is 21.4 Å². The zero-order valence-corrected chi connectivity index (χ0v) is 17.6. The van der Waals surface area contributed by atoms with Crippen LogP contribution in [0.3, 0.4) is 0 Å². The SMILES string of the molecule is C#CC(C)(C)[C@]12C[C@H]3C(=O)N[C@@H](Cc4ccc(O)cc4)C(=O)N3[C@H]1Nc1ccccc12. The number of benzene rings is 2. The Hall–Kier alpha value is -3.46. The van der Waals surface area contributed by atoms with Crippen molar-refractivity contribution >= 4 is 17.5 Å². The maximum absolute atomic E-state index is 13.6. The van der Waals surface area contributed by atoms with Gasteiger partial charge in [-0.05, 0) is 49.6 Å². The molecule has 0 unspecified atom stereocenters. The fourth-order valence-electron chi connectivity index (χ4n) is 5.61. The van der Waals surface area contributed by atoms with E-state index in [0.29, 0.717) is 12.8 Å². The summed E-state index contributed by atoms with van der Waals surface area (Å²) < 4.78 is 0. The van der Waals surface area contributed by atoms with E-state index in [9.17, 15) is 14.7 Å². The summed E-state index contributed by atoms with van der Waals surface area (Å²) in [5.74, 6) is 2.85. The number of rotatable bonds is 3. The van der Waals surface area contributed by atoms with Crippen molar-refractivity contribution in [3.8, 4) is 18.1 Å². The van der Waals surface area contributed by atoms with Crippen LogP contribution in [0.4, 0.5) is 5.69 Å². The van der Waals surface area contributed by atoms with Crippen molar-refractivity contribution in [3.63, 3.8) is 0 Å². The molecule has 2 saturated heterocycles. The Bertz CT molecular complexity index is 1120. The third kappa shape index (κ3) is 2.59. The topological polar surface area (TPSA) is 81.7 Å². The minimum Gasteiger partial charge on any atom is -0.508 e.